The Balaban J connectivity index is 1.79. The Bertz CT molecular complexity index is 505. The molecule has 2 fully saturated rings. The topological polar surface area (TPSA) is 12.0 Å². The Morgan fingerprint density at radius 2 is 1.86 bits per heavy atom. The van der Waals surface area contributed by atoms with Gasteiger partial charge in [-0.05, 0) is 56.6 Å². The molecule has 1 aromatic carbocycles. The SMILES string of the molecule is Cc1ccc(/C=C(/CNC2CC2)C2CCCCC2)c(C)c1. The second kappa shape index (κ2) is 6.79. The molecule has 0 radical (unpaired) electrons. The van der Waals surface area contributed by atoms with Crippen LogP contribution in [0.3, 0.4) is 0 Å². The fraction of sp³-hybridized carbons (Fsp3) is 0.600. The molecular formula is C20H29N. The van der Waals surface area contributed by atoms with E-state index in [2.05, 4.69) is 43.4 Å². The lowest BCUT2D eigenvalue weighted by Crippen LogP contribution is -2.24. The Hall–Kier alpha value is -1.08. The van der Waals surface area contributed by atoms with E-state index in [9.17, 15) is 0 Å². The van der Waals surface area contributed by atoms with Crippen molar-refractivity contribution in [3.63, 3.8) is 0 Å². The summed E-state index contributed by atoms with van der Waals surface area (Å²) in [5.41, 5.74) is 5.84. The molecule has 0 spiro atoms. The van der Waals surface area contributed by atoms with Crippen molar-refractivity contribution in [1.29, 1.82) is 0 Å². The molecule has 1 nitrogen and oxygen atoms in total. The molecule has 0 bridgehead atoms. The van der Waals surface area contributed by atoms with Crippen molar-refractivity contribution < 1.29 is 0 Å². The first-order valence-corrected chi connectivity index (χ1v) is 8.73. The molecule has 0 aromatic heterocycles. The van der Waals surface area contributed by atoms with E-state index in [-0.39, 0.29) is 0 Å². The summed E-state index contributed by atoms with van der Waals surface area (Å²) in [6, 6.07) is 7.64. The van der Waals surface area contributed by atoms with Crippen LogP contribution in [0.1, 0.15) is 61.6 Å². The first-order valence-electron chi connectivity index (χ1n) is 8.73. The molecule has 3 rings (SSSR count). The van der Waals surface area contributed by atoms with E-state index in [1.165, 1.54) is 61.6 Å². The highest BCUT2D eigenvalue weighted by Gasteiger charge is 2.23. The number of benzene rings is 1. The second-order valence-electron chi connectivity index (χ2n) is 7.07. The number of hydrogen-bond acceptors (Lipinski definition) is 1. The van der Waals surface area contributed by atoms with Crippen molar-refractivity contribution >= 4 is 6.08 Å². The third-order valence-electron chi connectivity index (χ3n) is 5.07. The molecule has 0 heterocycles. The zero-order chi connectivity index (χ0) is 14.7. The van der Waals surface area contributed by atoms with Gasteiger partial charge >= 0.3 is 0 Å². The molecule has 2 saturated carbocycles. The molecule has 1 N–H and O–H groups in total. The molecule has 1 aromatic rings. The average molecular weight is 283 g/mol. The summed E-state index contributed by atoms with van der Waals surface area (Å²) in [6.07, 6.45) is 12.3. The largest absolute Gasteiger partial charge is 0.310 e. The highest BCUT2D eigenvalue weighted by Crippen LogP contribution is 2.31. The van der Waals surface area contributed by atoms with E-state index in [1.54, 1.807) is 5.57 Å². The maximum atomic E-state index is 3.74. The standard InChI is InChI=1S/C20H29N/c1-15-8-9-18(16(2)12-15)13-19(14-21-20-10-11-20)17-6-4-3-5-7-17/h8-9,12-13,17,20-21H,3-7,10-11,14H2,1-2H3/b19-13-. The number of rotatable bonds is 5. The third-order valence-corrected chi connectivity index (χ3v) is 5.07. The highest BCUT2D eigenvalue weighted by molar-refractivity contribution is 5.58. The van der Waals surface area contributed by atoms with Gasteiger partial charge in [0, 0.05) is 12.6 Å². The van der Waals surface area contributed by atoms with Gasteiger partial charge in [-0.15, -0.1) is 0 Å². The van der Waals surface area contributed by atoms with Crippen molar-refractivity contribution in [2.45, 2.75) is 64.8 Å². The highest BCUT2D eigenvalue weighted by atomic mass is 14.9. The molecule has 2 aliphatic rings. The molecule has 2 aliphatic carbocycles. The first kappa shape index (κ1) is 14.8. The van der Waals surface area contributed by atoms with Gasteiger partial charge in [0.1, 0.15) is 0 Å². The predicted octanol–water partition coefficient (Wildman–Crippen LogP) is 5.02. The summed E-state index contributed by atoms with van der Waals surface area (Å²) < 4.78 is 0. The number of nitrogens with one attached hydrogen (secondary N) is 1. The van der Waals surface area contributed by atoms with Crippen LogP contribution >= 0.6 is 0 Å². The summed E-state index contributed by atoms with van der Waals surface area (Å²) in [5.74, 6) is 0.811. The van der Waals surface area contributed by atoms with Gasteiger partial charge in [0.15, 0.2) is 0 Å². The van der Waals surface area contributed by atoms with Crippen LogP contribution in [-0.2, 0) is 0 Å². The van der Waals surface area contributed by atoms with E-state index in [0.29, 0.717) is 0 Å². The molecule has 0 aliphatic heterocycles. The van der Waals surface area contributed by atoms with Crippen molar-refractivity contribution in [1.82, 2.24) is 5.32 Å². The smallest absolute Gasteiger partial charge is 0.0173 e. The van der Waals surface area contributed by atoms with Crippen LogP contribution in [0.25, 0.3) is 6.08 Å². The Labute approximate surface area is 129 Å². The zero-order valence-electron chi connectivity index (χ0n) is 13.6. The Morgan fingerprint density at radius 3 is 2.52 bits per heavy atom. The van der Waals surface area contributed by atoms with Gasteiger partial charge in [-0.2, -0.15) is 0 Å². The minimum absolute atomic E-state index is 0.802. The summed E-state index contributed by atoms with van der Waals surface area (Å²) >= 11 is 0. The summed E-state index contributed by atoms with van der Waals surface area (Å²) in [7, 11) is 0. The minimum Gasteiger partial charge on any atom is -0.310 e. The fourth-order valence-electron chi connectivity index (χ4n) is 3.52. The van der Waals surface area contributed by atoms with Gasteiger partial charge in [0.2, 0.25) is 0 Å². The van der Waals surface area contributed by atoms with Crippen molar-refractivity contribution in [2.75, 3.05) is 6.54 Å². The summed E-state index contributed by atoms with van der Waals surface area (Å²) in [4.78, 5) is 0. The third kappa shape index (κ3) is 4.20. The number of hydrogen-bond donors (Lipinski definition) is 1. The van der Waals surface area contributed by atoms with E-state index in [4.69, 9.17) is 0 Å². The molecule has 0 atom stereocenters. The maximum absolute atomic E-state index is 3.74. The lowest BCUT2D eigenvalue weighted by Gasteiger charge is -2.25. The van der Waals surface area contributed by atoms with E-state index in [1.807, 2.05) is 0 Å². The average Bonchev–Trinajstić information content (AvgIpc) is 3.31. The van der Waals surface area contributed by atoms with Gasteiger partial charge in [-0.3, -0.25) is 0 Å². The molecule has 114 valence electrons. The second-order valence-corrected chi connectivity index (χ2v) is 7.07. The zero-order valence-corrected chi connectivity index (χ0v) is 13.6. The van der Waals surface area contributed by atoms with Gasteiger partial charge in [0.25, 0.3) is 0 Å². The van der Waals surface area contributed by atoms with Crippen LogP contribution in [0.15, 0.2) is 23.8 Å². The lowest BCUT2D eigenvalue weighted by atomic mass is 9.82. The van der Waals surface area contributed by atoms with Crippen molar-refractivity contribution in [3.8, 4) is 0 Å². The molecule has 1 heteroatoms. The van der Waals surface area contributed by atoms with Crippen LogP contribution in [0.2, 0.25) is 0 Å². The maximum Gasteiger partial charge on any atom is 0.0173 e. The van der Waals surface area contributed by atoms with E-state index in [0.717, 1.165) is 18.5 Å². The van der Waals surface area contributed by atoms with Crippen LogP contribution in [0, 0.1) is 19.8 Å². The molecular weight excluding hydrogens is 254 g/mol. The van der Waals surface area contributed by atoms with Gasteiger partial charge in [0.05, 0.1) is 0 Å². The lowest BCUT2D eigenvalue weighted by molar-refractivity contribution is 0.396. The van der Waals surface area contributed by atoms with Crippen LogP contribution in [0.4, 0.5) is 0 Å². The fourth-order valence-corrected chi connectivity index (χ4v) is 3.52. The minimum atomic E-state index is 0.802. The van der Waals surface area contributed by atoms with Crippen LogP contribution in [-0.4, -0.2) is 12.6 Å². The predicted molar refractivity (Wildman–Crippen MR) is 91.5 cm³/mol. The van der Waals surface area contributed by atoms with Crippen LogP contribution in [0.5, 0.6) is 0 Å². The van der Waals surface area contributed by atoms with Gasteiger partial charge in [-0.25, -0.2) is 0 Å². The quantitative estimate of drug-likeness (QED) is 0.800. The van der Waals surface area contributed by atoms with Crippen LogP contribution < -0.4 is 5.32 Å². The summed E-state index contributed by atoms with van der Waals surface area (Å²) in [5, 5.41) is 3.74. The van der Waals surface area contributed by atoms with E-state index < -0.39 is 0 Å². The molecule has 0 saturated heterocycles. The Morgan fingerprint density at radius 1 is 1.10 bits per heavy atom. The molecule has 21 heavy (non-hydrogen) atoms. The Kier molecular flexibility index (Phi) is 4.80. The van der Waals surface area contributed by atoms with Crippen molar-refractivity contribution in [2.24, 2.45) is 5.92 Å². The normalized spacial score (nSPS) is 20.8. The first-order chi connectivity index (χ1) is 10.2. The van der Waals surface area contributed by atoms with Gasteiger partial charge in [-0.1, -0.05) is 54.7 Å². The van der Waals surface area contributed by atoms with E-state index >= 15 is 0 Å². The van der Waals surface area contributed by atoms with Crippen molar-refractivity contribution in [3.05, 3.63) is 40.5 Å². The molecule has 0 amide bonds. The molecule has 0 unspecified atom stereocenters. The monoisotopic (exact) mass is 283 g/mol. The summed E-state index contributed by atoms with van der Waals surface area (Å²) in [6.45, 7) is 5.52. The number of aryl methyl sites for hydroxylation is 2. The van der Waals surface area contributed by atoms with Gasteiger partial charge < -0.3 is 5.32 Å².